The van der Waals surface area contributed by atoms with Crippen molar-refractivity contribution >= 4 is 0 Å². The number of hydrogen-bond donors (Lipinski definition) is 2. The Hall–Kier alpha value is -1.09. The van der Waals surface area contributed by atoms with Crippen molar-refractivity contribution in [2.24, 2.45) is 5.73 Å². The fourth-order valence-electron chi connectivity index (χ4n) is 0.902. The molecule has 3 heteroatoms. The van der Waals surface area contributed by atoms with Crippen LogP contribution in [-0.4, -0.2) is 5.11 Å². The number of phenolic OH excluding ortho intramolecular Hbond substituents is 1. The molecule has 2 nitrogen and oxygen atoms in total. The van der Waals surface area contributed by atoms with Gasteiger partial charge in [0.1, 0.15) is 11.6 Å². The number of rotatable bonds is 1. The molecule has 0 radical (unpaired) electrons. The smallest absolute Gasteiger partial charge is 0.126 e. The van der Waals surface area contributed by atoms with Crippen LogP contribution in [-0.2, 0) is 0 Å². The normalized spacial score (nSPS) is 13.0. The molecule has 0 amide bonds. The second kappa shape index (κ2) is 2.88. The van der Waals surface area contributed by atoms with E-state index in [-0.39, 0.29) is 11.8 Å². The Morgan fingerprint density at radius 1 is 1.55 bits per heavy atom. The number of hydrogen-bond acceptors (Lipinski definition) is 2. The second-order valence-corrected chi connectivity index (χ2v) is 2.49. The molecule has 60 valence electrons. The third-order valence-electron chi connectivity index (χ3n) is 1.48. The molecule has 0 spiro atoms. The molecular formula is C8H10FNO. The summed E-state index contributed by atoms with van der Waals surface area (Å²) in [5.74, 6) is -0.535. The Bertz CT molecular complexity index is 260. The van der Waals surface area contributed by atoms with E-state index in [4.69, 9.17) is 10.8 Å². The van der Waals surface area contributed by atoms with Crippen molar-refractivity contribution in [1.29, 1.82) is 0 Å². The van der Waals surface area contributed by atoms with Crippen molar-refractivity contribution < 1.29 is 9.50 Å². The zero-order valence-corrected chi connectivity index (χ0v) is 6.21. The Balaban J connectivity index is 3.09. The molecule has 1 atom stereocenters. The lowest BCUT2D eigenvalue weighted by molar-refractivity contribution is 0.457. The molecule has 3 N–H and O–H groups in total. The third-order valence-corrected chi connectivity index (χ3v) is 1.48. The molecular weight excluding hydrogens is 145 g/mol. The van der Waals surface area contributed by atoms with Gasteiger partial charge in [-0.25, -0.2) is 4.39 Å². The van der Waals surface area contributed by atoms with Gasteiger partial charge in [-0.2, -0.15) is 0 Å². The highest BCUT2D eigenvalue weighted by Crippen LogP contribution is 2.22. The maximum atomic E-state index is 12.4. The van der Waals surface area contributed by atoms with E-state index >= 15 is 0 Å². The molecule has 1 unspecified atom stereocenters. The van der Waals surface area contributed by atoms with Crippen LogP contribution < -0.4 is 5.73 Å². The third kappa shape index (κ3) is 1.68. The molecule has 11 heavy (non-hydrogen) atoms. The van der Waals surface area contributed by atoms with E-state index in [9.17, 15) is 4.39 Å². The lowest BCUT2D eigenvalue weighted by atomic mass is 10.1. The summed E-state index contributed by atoms with van der Waals surface area (Å²) in [6.07, 6.45) is 0. The maximum absolute atomic E-state index is 12.4. The maximum Gasteiger partial charge on any atom is 0.126 e. The standard InChI is InChI=1S/C8H10FNO/c1-5(10)7-3-2-6(9)4-8(7)11/h2-5,11H,10H2,1H3. The van der Waals surface area contributed by atoms with E-state index in [1.54, 1.807) is 6.92 Å². The highest BCUT2D eigenvalue weighted by Gasteiger charge is 2.05. The molecule has 0 aliphatic carbocycles. The summed E-state index contributed by atoms with van der Waals surface area (Å²) in [4.78, 5) is 0. The van der Waals surface area contributed by atoms with E-state index in [0.29, 0.717) is 5.56 Å². The average Bonchev–Trinajstić information content (AvgIpc) is 1.85. The van der Waals surface area contributed by atoms with Crippen molar-refractivity contribution in [3.05, 3.63) is 29.6 Å². The Morgan fingerprint density at radius 3 is 2.64 bits per heavy atom. The van der Waals surface area contributed by atoms with Gasteiger partial charge in [-0.3, -0.25) is 0 Å². The Kier molecular flexibility index (Phi) is 2.10. The number of halogens is 1. The lowest BCUT2D eigenvalue weighted by Gasteiger charge is -2.06. The average molecular weight is 155 g/mol. The summed E-state index contributed by atoms with van der Waals surface area (Å²) >= 11 is 0. The minimum absolute atomic E-state index is 0.0833. The quantitative estimate of drug-likeness (QED) is 0.646. The summed E-state index contributed by atoms with van der Waals surface area (Å²) < 4.78 is 12.4. The minimum atomic E-state index is -0.452. The molecule has 0 bridgehead atoms. The van der Waals surface area contributed by atoms with Crippen LogP contribution in [0.4, 0.5) is 4.39 Å². The van der Waals surface area contributed by atoms with E-state index in [1.807, 2.05) is 0 Å². The van der Waals surface area contributed by atoms with Crippen LogP contribution in [0.15, 0.2) is 18.2 Å². The van der Waals surface area contributed by atoms with Crippen LogP contribution in [0.25, 0.3) is 0 Å². The van der Waals surface area contributed by atoms with Crippen LogP contribution in [0.5, 0.6) is 5.75 Å². The molecule has 0 saturated carbocycles. The van der Waals surface area contributed by atoms with Crippen molar-refractivity contribution in [3.8, 4) is 5.75 Å². The monoisotopic (exact) mass is 155 g/mol. The SMILES string of the molecule is CC(N)c1ccc(F)cc1O. The van der Waals surface area contributed by atoms with E-state index in [0.717, 1.165) is 6.07 Å². The van der Waals surface area contributed by atoms with E-state index in [2.05, 4.69) is 0 Å². The van der Waals surface area contributed by atoms with Crippen molar-refractivity contribution in [1.82, 2.24) is 0 Å². The predicted molar refractivity (Wildman–Crippen MR) is 40.7 cm³/mol. The van der Waals surface area contributed by atoms with Crippen LogP contribution in [0, 0.1) is 5.82 Å². The summed E-state index contributed by atoms with van der Waals surface area (Å²) in [5, 5.41) is 9.14. The first kappa shape index (κ1) is 8.01. The molecule has 0 aliphatic rings. The summed E-state index contributed by atoms with van der Waals surface area (Å²) in [5.41, 5.74) is 6.04. The minimum Gasteiger partial charge on any atom is -0.508 e. The van der Waals surface area contributed by atoms with Gasteiger partial charge < -0.3 is 10.8 Å². The first-order valence-corrected chi connectivity index (χ1v) is 3.35. The molecule has 1 aromatic rings. The zero-order valence-electron chi connectivity index (χ0n) is 6.21. The highest BCUT2D eigenvalue weighted by atomic mass is 19.1. The van der Waals surface area contributed by atoms with Crippen LogP contribution in [0.3, 0.4) is 0 Å². The van der Waals surface area contributed by atoms with Gasteiger partial charge >= 0.3 is 0 Å². The van der Waals surface area contributed by atoms with Crippen LogP contribution in [0.2, 0.25) is 0 Å². The molecule has 0 aliphatic heterocycles. The van der Waals surface area contributed by atoms with Gasteiger partial charge in [0, 0.05) is 17.7 Å². The summed E-state index contributed by atoms with van der Waals surface area (Å²) in [6.45, 7) is 1.73. The summed E-state index contributed by atoms with van der Waals surface area (Å²) in [7, 11) is 0. The van der Waals surface area contributed by atoms with Crippen molar-refractivity contribution in [3.63, 3.8) is 0 Å². The van der Waals surface area contributed by atoms with Crippen LogP contribution >= 0.6 is 0 Å². The predicted octanol–water partition coefficient (Wildman–Crippen LogP) is 1.55. The Labute approximate surface area is 64.5 Å². The lowest BCUT2D eigenvalue weighted by Crippen LogP contribution is -2.04. The van der Waals surface area contributed by atoms with Gasteiger partial charge in [-0.1, -0.05) is 6.07 Å². The highest BCUT2D eigenvalue weighted by molar-refractivity contribution is 5.34. The number of benzene rings is 1. The summed E-state index contributed by atoms with van der Waals surface area (Å²) in [6, 6.07) is 3.54. The first-order valence-electron chi connectivity index (χ1n) is 3.35. The van der Waals surface area contributed by atoms with Crippen LogP contribution in [0.1, 0.15) is 18.5 Å². The largest absolute Gasteiger partial charge is 0.508 e. The topological polar surface area (TPSA) is 46.2 Å². The molecule has 0 fully saturated rings. The molecule has 1 aromatic carbocycles. The van der Waals surface area contributed by atoms with Crippen molar-refractivity contribution in [2.45, 2.75) is 13.0 Å². The molecule has 1 rings (SSSR count). The number of aromatic hydroxyl groups is 1. The zero-order chi connectivity index (χ0) is 8.43. The van der Waals surface area contributed by atoms with Gasteiger partial charge in [0.15, 0.2) is 0 Å². The second-order valence-electron chi connectivity index (χ2n) is 2.49. The first-order chi connectivity index (χ1) is 5.11. The Morgan fingerprint density at radius 2 is 2.18 bits per heavy atom. The van der Waals surface area contributed by atoms with Gasteiger partial charge in [0.25, 0.3) is 0 Å². The van der Waals surface area contributed by atoms with E-state index in [1.165, 1.54) is 12.1 Å². The van der Waals surface area contributed by atoms with Gasteiger partial charge in [-0.15, -0.1) is 0 Å². The molecule has 0 aromatic heterocycles. The van der Waals surface area contributed by atoms with Crippen molar-refractivity contribution in [2.75, 3.05) is 0 Å². The fraction of sp³-hybridized carbons (Fsp3) is 0.250. The van der Waals surface area contributed by atoms with E-state index < -0.39 is 5.82 Å². The molecule has 0 heterocycles. The van der Waals surface area contributed by atoms with Gasteiger partial charge in [-0.05, 0) is 13.0 Å². The van der Waals surface area contributed by atoms with Gasteiger partial charge in [0.2, 0.25) is 0 Å². The molecule has 0 saturated heterocycles. The number of phenols is 1. The van der Waals surface area contributed by atoms with Gasteiger partial charge in [0.05, 0.1) is 0 Å². The number of nitrogens with two attached hydrogens (primary N) is 1. The fourth-order valence-corrected chi connectivity index (χ4v) is 0.902.